The van der Waals surface area contributed by atoms with E-state index in [-0.39, 0.29) is 11.5 Å². The van der Waals surface area contributed by atoms with E-state index in [4.69, 9.17) is 5.26 Å². The highest BCUT2D eigenvalue weighted by Crippen LogP contribution is 2.30. The molecule has 0 aliphatic carbocycles. The van der Waals surface area contributed by atoms with E-state index in [1.165, 1.54) is 5.56 Å². The quantitative estimate of drug-likeness (QED) is 0.576. The molecule has 1 atom stereocenters. The fraction of sp³-hybridized carbons (Fsp3) is 0.500. The monoisotopic (exact) mass is 194 g/mol. The largest absolute Gasteiger partial charge is 0.251 e. The second kappa shape index (κ2) is 4.11. The van der Waals surface area contributed by atoms with Gasteiger partial charge in [-0.15, -0.1) is 0 Å². The lowest BCUT2D eigenvalue weighted by Crippen LogP contribution is -2.15. The molecule has 0 heterocycles. The molecule has 0 saturated heterocycles. The van der Waals surface area contributed by atoms with E-state index in [1.54, 1.807) is 0 Å². The predicted molar refractivity (Wildman–Crippen MR) is 57.3 cm³/mol. The Hall–Kier alpha value is -0.860. The molecule has 2 heteroatoms. The van der Waals surface area contributed by atoms with Gasteiger partial charge in [0.05, 0.1) is 0 Å². The third kappa shape index (κ3) is 2.34. The molecule has 2 nitrogen and oxygen atoms in total. The van der Waals surface area contributed by atoms with E-state index in [9.17, 15) is 0 Å². The summed E-state index contributed by atoms with van der Waals surface area (Å²) in [6.45, 7) is 8.28. The molecule has 0 saturated carbocycles. The molecule has 1 unspecified atom stereocenters. The van der Waals surface area contributed by atoms with Crippen LogP contribution in [0.2, 0.25) is 0 Å². The smallest absolute Gasteiger partial charge is 0.115 e. The lowest BCUT2D eigenvalue weighted by molar-refractivity contribution is -0.277. The summed E-state index contributed by atoms with van der Waals surface area (Å²) in [6, 6.07) is 8.03. The fourth-order valence-corrected chi connectivity index (χ4v) is 1.59. The van der Waals surface area contributed by atoms with Crippen LogP contribution in [0.5, 0.6) is 0 Å². The molecule has 0 amide bonds. The topological polar surface area (TPSA) is 29.5 Å². The van der Waals surface area contributed by atoms with Gasteiger partial charge in [0.15, 0.2) is 0 Å². The molecule has 0 bridgehead atoms. The zero-order valence-electron chi connectivity index (χ0n) is 9.24. The van der Waals surface area contributed by atoms with E-state index in [0.29, 0.717) is 0 Å². The van der Waals surface area contributed by atoms with Crippen molar-refractivity contribution in [3.8, 4) is 0 Å². The number of hydrogen-bond donors (Lipinski definition) is 1. The van der Waals surface area contributed by atoms with E-state index < -0.39 is 0 Å². The summed E-state index contributed by atoms with van der Waals surface area (Å²) in [5.41, 5.74) is 2.33. The van der Waals surface area contributed by atoms with Crippen LogP contribution >= 0.6 is 0 Å². The highest BCUT2D eigenvalue weighted by molar-refractivity contribution is 5.34. The molecule has 0 fully saturated rings. The summed E-state index contributed by atoms with van der Waals surface area (Å²) in [6.07, 6.45) is -0.273. The second-order valence-electron chi connectivity index (χ2n) is 4.58. The van der Waals surface area contributed by atoms with Crippen molar-refractivity contribution in [2.75, 3.05) is 0 Å². The molecule has 0 aromatic heterocycles. The zero-order chi connectivity index (χ0) is 10.8. The Bertz CT molecular complexity index is 299. The third-order valence-corrected chi connectivity index (χ3v) is 2.36. The molecule has 14 heavy (non-hydrogen) atoms. The zero-order valence-corrected chi connectivity index (χ0v) is 9.24. The maximum Gasteiger partial charge on any atom is 0.115 e. The third-order valence-electron chi connectivity index (χ3n) is 2.36. The fourth-order valence-electron chi connectivity index (χ4n) is 1.59. The summed E-state index contributed by atoms with van der Waals surface area (Å²) >= 11 is 0. The van der Waals surface area contributed by atoms with Crippen LogP contribution in [0.25, 0.3) is 0 Å². The summed E-state index contributed by atoms with van der Waals surface area (Å²) in [7, 11) is 0. The Morgan fingerprint density at radius 3 is 2.29 bits per heavy atom. The van der Waals surface area contributed by atoms with Gasteiger partial charge in [-0.05, 0) is 23.5 Å². The lowest BCUT2D eigenvalue weighted by Gasteiger charge is -2.24. The first-order chi connectivity index (χ1) is 6.46. The molecule has 0 aliphatic heterocycles. The van der Waals surface area contributed by atoms with Gasteiger partial charge in [0.25, 0.3) is 0 Å². The van der Waals surface area contributed by atoms with Crippen molar-refractivity contribution >= 4 is 0 Å². The molecule has 1 N–H and O–H groups in total. The highest BCUT2D eigenvalue weighted by Gasteiger charge is 2.20. The standard InChI is InChI=1S/C12H18O2/c1-9(14-13)10-7-5-6-8-11(10)12(2,3)4/h5-9,13H,1-4H3. The van der Waals surface area contributed by atoms with Gasteiger partial charge in [-0.25, -0.2) is 4.89 Å². The Balaban J connectivity index is 3.16. The Morgan fingerprint density at radius 2 is 1.79 bits per heavy atom. The van der Waals surface area contributed by atoms with Crippen LogP contribution in [0.1, 0.15) is 44.9 Å². The maximum atomic E-state index is 8.68. The average molecular weight is 194 g/mol. The minimum Gasteiger partial charge on any atom is -0.251 e. The number of hydrogen-bond acceptors (Lipinski definition) is 2. The van der Waals surface area contributed by atoms with E-state index in [2.05, 4.69) is 31.7 Å². The van der Waals surface area contributed by atoms with Crippen LogP contribution in [0.4, 0.5) is 0 Å². The first kappa shape index (κ1) is 11.2. The van der Waals surface area contributed by atoms with Crippen molar-refractivity contribution in [2.45, 2.75) is 39.2 Å². The van der Waals surface area contributed by atoms with Crippen LogP contribution in [0, 0.1) is 0 Å². The minimum absolute atomic E-state index is 0.0728. The maximum absolute atomic E-state index is 8.68. The summed E-state index contributed by atoms with van der Waals surface area (Å²) < 4.78 is 0. The molecule has 1 rings (SSSR count). The Kier molecular flexibility index (Phi) is 3.29. The van der Waals surface area contributed by atoms with E-state index >= 15 is 0 Å². The van der Waals surface area contributed by atoms with E-state index in [1.807, 2.05) is 25.1 Å². The summed E-state index contributed by atoms with van der Waals surface area (Å²) in [4.78, 5) is 4.37. The van der Waals surface area contributed by atoms with Gasteiger partial charge in [0.2, 0.25) is 0 Å². The predicted octanol–water partition coefficient (Wildman–Crippen LogP) is 3.53. The molecule has 1 aromatic carbocycles. The first-order valence-electron chi connectivity index (χ1n) is 4.86. The van der Waals surface area contributed by atoms with Gasteiger partial charge >= 0.3 is 0 Å². The number of rotatable bonds is 2. The molecular formula is C12H18O2. The normalized spacial score (nSPS) is 14.1. The van der Waals surface area contributed by atoms with Crippen molar-refractivity contribution in [3.63, 3.8) is 0 Å². The average Bonchev–Trinajstić information content (AvgIpc) is 2.15. The summed E-state index contributed by atoms with van der Waals surface area (Å²) in [5.74, 6) is 0. The van der Waals surface area contributed by atoms with Crippen molar-refractivity contribution in [1.82, 2.24) is 0 Å². The molecule has 0 aliphatic rings. The van der Waals surface area contributed by atoms with Crippen LogP contribution in [-0.2, 0) is 10.3 Å². The number of benzene rings is 1. The first-order valence-corrected chi connectivity index (χ1v) is 4.86. The SMILES string of the molecule is CC(OO)c1ccccc1C(C)(C)C. The molecule has 1 aromatic rings. The van der Waals surface area contributed by atoms with Crippen molar-refractivity contribution in [2.24, 2.45) is 0 Å². The van der Waals surface area contributed by atoms with Crippen LogP contribution < -0.4 is 0 Å². The van der Waals surface area contributed by atoms with Gasteiger partial charge in [-0.2, -0.15) is 0 Å². The molecule has 0 radical (unpaired) electrons. The highest BCUT2D eigenvalue weighted by atomic mass is 17.1. The molecule has 0 spiro atoms. The van der Waals surface area contributed by atoms with Crippen LogP contribution in [0.3, 0.4) is 0 Å². The van der Waals surface area contributed by atoms with Gasteiger partial charge < -0.3 is 0 Å². The van der Waals surface area contributed by atoms with Gasteiger partial charge in [0, 0.05) is 0 Å². The van der Waals surface area contributed by atoms with Gasteiger partial charge in [-0.1, -0.05) is 45.0 Å². The van der Waals surface area contributed by atoms with Crippen LogP contribution in [-0.4, -0.2) is 5.26 Å². The van der Waals surface area contributed by atoms with Crippen molar-refractivity contribution < 1.29 is 10.1 Å². The minimum atomic E-state index is -0.273. The van der Waals surface area contributed by atoms with E-state index in [0.717, 1.165) is 5.56 Å². The van der Waals surface area contributed by atoms with Gasteiger partial charge in [0.1, 0.15) is 6.10 Å². The second-order valence-corrected chi connectivity index (χ2v) is 4.58. The van der Waals surface area contributed by atoms with Gasteiger partial charge in [-0.3, -0.25) is 5.26 Å². The lowest BCUT2D eigenvalue weighted by atomic mass is 9.82. The molecular weight excluding hydrogens is 176 g/mol. The van der Waals surface area contributed by atoms with Crippen LogP contribution in [0.15, 0.2) is 24.3 Å². The Morgan fingerprint density at radius 1 is 1.21 bits per heavy atom. The van der Waals surface area contributed by atoms with Crippen molar-refractivity contribution in [3.05, 3.63) is 35.4 Å². The summed E-state index contributed by atoms with van der Waals surface area (Å²) in [5, 5.41) is 8.68. The Labute approximate surface area is 85.5 Å². The molecule has 78 valence electrons. The van der Waals surface area contributed by atoms with Crippen molar-refractivity contribution in [1.29, 1.82) is 0 Å².